The van der Waals surface area contributed by atoms with Gasteiger partial charge in [0, 0.05) is 17.7 Å². The molecular formula is C28H27NO3S. The summed E-state index contributed by atoms with van der Waals surface area (Å²) in [5, 5.41) is 0.751. The van der Waals surface area contributed by atoms with Gasteiger partial charge in [-0.1, -0.05) is 48.9 Å². The number of benzene rings is 3. The van der Waals surface area contributed by atoms with Crippen LogP contribution in [0.4, 0.5) is 0 Å². The minimum absolute atomic E-state index is 0.106. The third-order valence-electron chi connectivity index (χ3n) is 6.27. The van der Waals surface area contributed by atoms with Gasteiger partial charge in [0.15, 0.2) is 15.4 Å². The normalized spacial score (nSPS) is 15.0. The topological polar surface area (TPSA) is 52.6 Å². The summed E-state index contributed by atoms with van der Waals surface area (Å²) in [6, 6.07) is 24.3. The Hall–Kier alpha value is -2.99. The van der Waals surface area contributed by atoms with E-state index in [0.717, 1.165) is 36.3 Å². The SMILES string of the molecule is O=C(c1ccccc1)c1c(-c2ccc(OCCN3CCCCC3)cc2)[s+]([O-])c2ccccc12. The van der Waals surface area contributed by atoms with E-state index in [1.54, 1.807) is 12.1 Å². The first-order valence-corrected chi connectivity index (χ1v) is 12.7. The Balaban J connectivity index is 1.43. The van der Waals surface area contributed by atoms with Gasteiger partial charge in [0.05, 0.1) is 10.9 Å². The van der Waals surface area contributed by atoms with Crippen molar-refractivity contribution in [2.24, 2.45) is 0 Å². The maximum atomic E-state index is 13.5. The van der Waals surface area contributed by atoms with Crippen LogP contribution in [-0.2, 0) is 0 Å². The number of carbonyl (C=O) groups is 1. The van der Waals surface area contributed by atoms with Gasteiger partial charge in [-0.3, -0.25) is 9.69 Å². The zero-order valence-corrected chi connectivity index (χ0v) is 19.4. The van der Waals surface area contributed by atoms with E-state index in [-0.39, 0.29) is 5.78 Å². The number of nitrogens with zero attached hydrogens (tertiary/aromatic N) is 1. The first-order valence-electron chi connectivity index (χ1n) is 11.5. The molecule has 3 aromatic carbocycles. The Morgan fingerprint density at radius 3 is 2.33 bits per heavy atom. The van der Waals surface area contributed by atoms with Crippen LogP contribution in [0.5, 0.6) is 5.75 Å². The number of piperidine rings is 1. The highest BCUT2D eigenvalue weighted by molar-refractivity contribution is 7.35. The number of carbonyl (C=O) groups excluding carboxylic acids is 1. The second kappa shape index (κ2) is 9.87. The number of rotatable bonds is 7. The van der Waals surface area contributed by atoms with Crippen LogP contribution in [0.1, 0.15) is 35.2 Å². The largest absolute Gasteiger partial charge is 0.590 e. The number of likely N-dealkylation sites (tertiary alicyclic amines) is 1. The van der Waals surface area contributed by atoms with Crippen LogP contribution in [0, 0.1) is 0 Å². The highest BCUT2D eigenvalue weighted by Crippen LogP contribution is 2.45. The highest BCUT2D eigenvalue weighted by Gasteiger charge is 2.29. The van der Waals surface area contributed by atoms with Crippen LogP contribution in [0.15, 0.2) is 78.9 Å². The molecule has 1 aliphatic rings. The third-order valence-corrected chi connectivity index (χ3v) is 7.84. The molecule has 4 aromatic rings. The van der Waals surface area contributed by atoms with E-state index in [1.165, 1.54) is 19.3 Å². The Kier molecular flexibility index (Phi) is 6.53. The van der Waals surface area contributed by atoms with Gasteiger partial charge in [-0.25, -0.2) is 0 Å². The molecular weight excluding hydrogens is 430 g/mol. The number of fused-ring (bicyclic) bond motifs is 1. The molecule has 0 N–H and O–H groups in total. The Labute approximate surface area is 197 Å². The average Bonchev–Trinajstić information content (AvgIpc) is 3.17. The number of ketones is 1. The number of ether oxygens (including phenoxy) is 1. The first kappa shape index (κ1) is 21.8. The van der Waals surface area contributed by atoms with Gasteiger partial charge in [-0.05, 0) is 73.1 Å². The van der Waals surface area contributed by atoms with Crippen LogP contribution in [0.25, 0.3) is 20.5 Å². The van der Waals surface area contributed by atoms with Crippen molar-refractivity contribution in [3.8, 4) is 16.2 Å². The summed E-state index contributed by atoms with van der Waals surface area (Å²) >= 11 is 0. The zero-order chi connectivity index (χ0) is 22.6. The zero-order valence-electron chi connectivity index (χ0n) is 18.5. The van der Waals surface area contributed by atoms with Gasteiger partial charge in [0.1, 0.15) is 12.4 Å². The number of hydrogen-bond acceptors (Lipinski definition) is 4. The second-order valence-electron chi connectivity index (χ2n) is 8.44. The second-order valence-corrected chi connectivity index (χ2v) is 9.82. The molecule has 33 heavy (non-hydrogen) atoms. The van der Waals surface area contributed by atoms with Gasteiger partial charge >= 0.3 is 0 Å². The van der Waals surface area contributed by atoms with E-state index >= 15 is 0 Å². The fourth-order valence-corrected chi connectivity index (χ4v) is 6.08. The predicted molar refractivity (Wildman–Crippen MR) is 134 cm³/mol. The highest BCUT2D eigenvalue weighted by atomic mass is 32.2. The molecule has 0 spiro atoms. The van der Waals surface area contributed by atoms with Gasteiger partial charge in [-0.15, -0.1) is 0 Å². The maximum absolute atomic E-state index is 13.5. The van der Waals surface area contributed by atoms with E-state index < -0.39 is 10.8 Å². The summed E-state index contributed by atoms with van der Waals surface area (Å²) in [6.07, 6.45) is 3.87. The van der Waals surface area contributed by atoms with Crippen molar-refractivity contribution in [2.45, 2.75) is 19.3 Å². The molecule has 5 heteroatoms. The van der Waals surface area contributed by atoms with E-state index in [4.69, 9.17) is 4.74 Å². The summed E-state index contributed by atoms with van der Waals surface area (Å²) in [7, 11) is -1.42. The lowest BCUT2D eigenvalue weighted by molar-refractivity contribution is 0.104. The molecule has 168 valence electrons. The van der Waals surface area contributed by atoms with Crippen molar-refractivity contribution in [2.75, 3.05) is 26.2 Å². The van der Waals surface area contributed by atoms with Gasteiger partial charge < -0.3 is 9.29 Å². The molecule has 2 heterocycles. The molecule has 1 aliphatic heterocycles. The Bertz CT molecular complexity index is 1240. The smallest absolute Gasteiger partial charge is 0.199 e. The quantitative estimate of drug-likeness (QED) is 0.240. The molecule has 0 radical (unpaired) electrons. The van der Waals surface area contributed by atoms with Crippen molar-refractivity contribution in [3.05, 3.63) is 90.0 Å². The van der Waals surface area contributed by atoms with Crippen LogP contribution >= 0.6 is 10.8 Å². The van der Waals surface area contributed by atoms with Crippen molar-refractivity contribution < 1.29 is 14.1 Å². The Morgan fingerprint density at radius 2 is 1.58 bits per heavy atom. The maximum Gasteiger partial charge on any atom is 0.199 e. The van der Waals surface area contributed by atoms with Crippen molar-refractivity contribution in [3.63, 3.8) is 0 Å². The number of thiophene rings is 1. The minimum Gasteiger partial charge on any atom is -0.590 e. The molecule has 1 saturated heterocycles. The molecule has 1 atom stereocenters. The van der Waals surface area contributed by atoms with Crippen molar-refractivity contribution in [1.29, 1.82) is 0 Å². The molecule has 5 rings (SSSR count). The van der Waals surface area contributed by atoms with Crippen molar-refractivity contribution >= 4 is 26.6 Å². The summed E-state index contributed by atoms with van der Waals surface area (Å²) in [5.74, 6) is 0.680. The average molecular weight is 458 g/mol. The summed E-state index contributed by atoms with van der Waals surface area (Å²) < 4.78 is 20.1. The molecule has 0 aliphatic carbocycles. The summed E-state index contributed by atoms with van der Waals surface area (Å²) in [4.78, 5) is 16.5. The molecule has 0 saturated carbocycles. The molecule has 1 unspecified atom stereocenters. The predicted octanol–water partition coefficient (Wildman–Crippen LogP) is 6.33. The standard InChI is InChI=1S/C28H27NO3S/c30-27(21-9-3-1-4-10-21)26-24-11-5-6-12-25(24)33(31)28(26)22-13-15-23(16-14-22)32-20-19-29-17-7-2-8-18-29/h1,3-6,9-16H,2,7-8,17-20H2. The van der Waals surface area contributed by atoms with E-state index in [2.05, 4.69) is 4.90 Å². The van der Waals surface area contributed by atoms with E-state index in [9.17, 15) is 9.35 Å². The fraction of sp³-hybridized carbons (Fsp3) is 0.250. The van der Waals surface area contributed by atoms with Crippen LogP contribution in [-0.4, -0.2) is 41.5 Å². The number of hydrogen-bond donors (Lipinski definition) is 0. The van der Waals surface area contributed by atoms with Gasteiger partial charge in [0.25, 0.3) is 0 Å². The van der Waals surface area contributed by atoms with Crippen LogP contribution < -0.4 is 4.74 Å². The lowest BCUT2D eigenvalue weighted by atomic mass is 9.98. The molecule has 4 nitrogen and oxygen atoms in total. The summed E-state index contributed by atoms with van der Waals surface area (Å²) in [5.41, 5.74) is 1.90. The first-order chi connectivity index (χ1) is 16.2. The molecule has 1 aromatic heterocycles. The minimum atomic E-state index is -1.42. The van der Waals surface area contributed by atoms with Crippen LogP contribution in [0.2, 0.25) is 0 Å². The lowest BCUT2D eigenvalue weighted by Crippen LogP contribution is -2.33. The lowest BCUT2D eigenvalue weighted by Gasteiger charge is -2.26. The molecule has 1 fully saturated rings. The van der Waals surface area contributed by atoms with E-state index in [0.29, 0.717) is 27.3 Å². The van der Waals surface area contributed by atoms with Gasteiger partial charge in [-0.2, -0.15) is 0 Å². The Morgan fingerprint density at radius 1 is 0.879 bits per heavy atom. The summed E-state index contributed by atoms with van der Waals surface area (Å²) in [6.45, 7) is 3.89. The van der Waals surface area contributed by atoms with Gasteiger partial charge in [0.2, 0.25) is 0 Å². The van der Waals surface area contributed by atoms with E-state index in [1.807, 2.05) is 66.7 Å². The molecule has 0 amide bonds. The monoisotopic (exact) mass is 457 g/mol. The van der Waals surface area contributed by atoms with Crippen LogP contribution in [0.3, 0.4) is 0 Å². The fourth-order valence-electron chi connectivity index (χ4n) is 4.55. The third kappa shape index (κ3) is 4.58. The molecule has 0 bridgehead atoms. The van der Waals surface area contributed by atoms with Crippen molar-refractivity contribution in [1.82, 2.24) is 4.90 Å².